The van der Waals surface area contributed by atoms with Crippen LogP contribution in [0.2, 0.25) is 0 Å². The number of hydrogen-bond acceptors (Lipinski definition) is 3. The first kappa shape index (κ1) is 10.8. The van der Waals surface area contributed by atoms with Crippen molar-refractivity contribution >= 4 is 50.0 Å². The van der Waals surface area contributed by atoms with E-state index in [1.165, 1.54) is 6.33 Å². The topological polar surface area (TPSA) is 37.8 Å². The van der Waals surface area contributed by atoms with Crippen LogP contribution in [0.15, 0.2) is 41.3 Å². The van der Waals surface area contributed by atoms with Crippen LogP contribution in [0.4, 0.5) is 11.5 Å². The molecule has 1 N–H and O–H groups in total. The predicted molar refractivity (Wildman–Crippen MR) is 72.2 cm³/mol. The van der Waals surface area contributed by atoms with Gasteiger partial charge in [0.15, 0.2) is 0 Å². The lowest BCUT2D eigenvalue weighted by atomic mass is 10.3. The van der Waals surface area contributed by atoms with Gasteiger partial charge in [-0.15, -0.1) is 0 Å². The van der Waals surface area contributed by atoms with Gasteiger partial charge in [-0.05, 0) is 46.9 Å². The second kappa shape index (κ2) is 4.89. The van der Waals surface area contributed by atoms with Crippen molar-refractivity contribution in [1.82, 2.24) is 9.97 Å². The first-order chi connectivity index (χ1) is 7.25. The van der Waals surface area contributed by atoms with Crippen molar-refractivity contribution in [3.63, 3.8) is 0 Å². The average molecular weight is 376 g/mol. The summed E-state index contributed by atoms with van der Waals surface area (Å²) in [6.45, 7) is 0. The van der Waals surface area contributed by atoms with E-state index >= 15 is 0 Å². The Hall–Kier alpha value is -0.690. The van der Waals surface area contributed by atoms with Crippen LogP contribution in [0.25, 0.3) is 0 Å². The van der Waals surface area contributed by atoms with Gasteiger partial charge >= 0.3 is 0 Å². The maximum atomic E-state index is 4.15. The summed E-state index contributed by atoms with van der Waals surface area (Å²) >= 11 is 5.59. The molecule has 0 aliphatic heterocycles. The van der Waals surface area contributed by atoms with Gasteiger partial charge in [-0.2, -0.15) is 0 Å². The number of nitrogens with zero attached hydrogens (tertiary/aromatic N) is 2. The lowest BCUT2D eigenvalue weighted by Crippen LogP contribution is -1.96. The number of anilines is 2. The van der Waals surface area contributed by atoms with Gasteiger partial charge < -0.3 is 5.32 Å². The van der Waals surface area contributed by atoms with Crippen molar-refractivity contribution < 1.29 is 0 Å². The lowest BCUT2D eigenvalue weighted by Gasteiger charge is -2.06. The van der Waals surface area contributed by atoms with Crippen LogP contribution in [0.1, 0.15) is 0 Å². The highest BCUT2D eigenvalue weighted by Crippen LogP contribution is 2.20. The summed E-state index contributed by atoms with van der Waals surface area (Å²) < 4.78 is 2.06. The van der Waals surface area contributed by atoms with Crippen LogP contribution >= 0.6 is 38.5 Å². The van der Waals surface area contributed by atoms with Gasteiger partial charge in [0, 0.05) is 16.4 Å². The van der Waals surface area contributed by atoms with Gasteiger partial charge in [0.2, 0.25) is 0 Å². The molecular formula is C10H7BrIN3. The van der Waals surface area contributed by atoms with Crippen molar-refractivity contribution in [1.29, 1.82) is 0 Å². The van der Waals surface area contributed by atoms with E-state index in [4.69, 9.17) is 0 Å². The maximum Gasteiger partial charge on any atom is 0.147 e. The molecule has 0 spiro atoms. The molecule has 1 aromatic heterocycles. The van der Waals surface area contributed by atoms with Crippen molar-refractivity contribution in [2.45, 2.75) is 0 Å². The zero-order valence-electron chi connectivity index (χ0n) is 7.61. The highest BCUT2D eigenvalue weighted by molar-refractivity contribution is 14.1. The fraction of sp³-hybridized carbons (Fsp3) is 0. The number of aromatic nitrogens is 2. The summed E-state index contributed by atoms with van der Waals surface area (Å²) in [5, 5.41) is 3.22. The molecule has 1 aromatic carbocycles. The molecule has 0 unspecified atom stereocenters. The molecule has 0 aliphatic rings. The first-order valence-electron chi connectivity index (χ1n) is 4.24. The van der Waals surface area contributed by atoms with E-state index in [1.54, 1.807) is 6.20 Å². The molecule has 0 saturated heterocycles. The molecular weight excluding hydrogens is 369 g/mol. The Morgan fingerprint density at radius 2 is 1.93 bits per heavy atom. The van der Waals surface area contributed by atoms with E-state index in [-0.39, 0.29) is 0 Å². The molecule has 3 nitrogen and oxygen atoms in total. The van der Waals surface area contributed by atoms with Gasteiger partial charge in [0.1, 0.15) is 12.1 Å². The predicted octanol–water partition coefficient (Wildman–Crippen LogP) is 3.59. The van der Waals surface area contributed by atoms with Crippen molar-refractivity contribution in [3.05, 3.63) is 44.8 Å². The van der Waals surface area contributed by atoms with E-state index in [0.717, 1.165) is 19.5 Å². The summed E-state index contributed by atoms with van der Waals surface area (Å²) in [6.07, 6.45) is 3.30. The summed E-state index contributed by atoms with van der Waals surface area (Å²) in [4.78, 5) is 8.09. The molecule has 76 valence electrons. The Morgan fingerprint density at radius 3 is 2.60 bits per heavy atom. The summed E-state index contributed by atoms with van der Waals surface area (Å²) in [6, 6.07) is 7.94. The minimum Gasteiger partial charge on any atom is -0.339 e. The standard InChI is InChI=1S/C10H7BrIN3/c11-7-1-3-8(4-2-7)15-10-9(12)5-13-6-14-10/h1-6H,(H,13,14,15). The Labute approximate surface area is 110 Å². The molecule has 5 heteroatoms. The molecule has 0 atom stereocenters. The first-order valence-corrected chi connectivity index (χ1v) is 6.11. The third-order valence-electron chi connectivity index (χ3n) is 1.77. The average Bonchev–Trinajstić information content (AvgIpc) is 2.25. The second-order valence-corrected chi connectivity index (χ2v) is 4.93. The molecule has 0 aliphatic carbocycles. The van der Waals surface area contributed by atoms with Crippen LogP contribution in [-0.2, 0) is 0 Å². The summed E-state index contributed by atoms with van der Waals surface area (Å²) in [5.41, 5.74) is 1.01. The third kappa shape index (κ3) is 2.88. The lowest BCUT2D eigenvalue weighted by molar-refractivity contribution is 1.15. The smallest absolute Gasteiger partial charge is 0.147 e. The quantitative estimate of drug-likeness (QED) is 0.815. The Morgan fingerprint density at radius 1 is 1.20 bits per heavy atom. The van der Waals surface area contributed by atoms with Crippen LogP contribution in [0, 0.1) is 3.57 Å². The Kier molecular flexibility index (Phi) is 3.53. The summed E-state index contributed by atoms with van der Waals surface area (Å²) in [5.74, 6) is 0.827. The summed E-state index contributed by atoms with van der Waals surface area (Å²) in [7, 11) is 0. The van der Waals surface area contributed by atoms with Gasteiger partial charge in [-0.1, -0.05) is 15.9 Å². The van der Waals surface area contributed by atoms with Crippen LogP contribution in [0.5, 0.6) is 0 Å². The Bertz CT molecular complexity index is 458. The minimum atomic E-state index is 0.827. The van der Waals surface area contributed by atoms with E-state index in [2.05, 4.69) is 53.8 Å². The van der Waals surface area contributed by atoms with Crippen molar-refractivity contribution in [3.8, 4) is 0 Å². The van der Waals surface area contributed by atoms with E-state index in [0.29, 0.717) is 0 Å². The number of nitrogens with one attached hydrogen (secondary N) is 1. The molecule has 0 amide bonds. The van der Waals surface area contributed by atoms with Crippen molar-refractivity contribution in [2.24, 2.45) is 0 Å². The molecule has 0 radical (unpaired) electrons. The highest BCUT2D eigenvalue weighted by atomic mass is 127. The monoisotopic (exact) mass is 375 g/mol. The van der Waals surface area contributed by atoms with Gasteiger partial charge in [0.05, 0.1) is 3.57 Å². The van der Waals surface area contributed by atoms with E-state index < -0.39 is 0 Å². The SMILES string of the molecule is Brc1ccc(Nc2ncncc2I)cc1. The molecule has 0 bridgehead atoms. The van der Waals surface area contributed by atoms with E-state index in [9.17, 15) is 0 Å². The van der Waals surface area contributed by atoms with Crippen LogP contribution < -0.4 is 5.32 Å². The number of benzene rings is 1. The molecule has 2 aromatic rings. The van der Waals surface area contributed by atoms with E-state index in [1.807, 2.05) is 24.3 Å². The zero-order valence-corrected chi connectivity index (χ0v) is 11.4. The van der Waals surface area contributed by atoms with Gasteiger partial charge in [0.25, 0.3) is 0 Å². The van der Waals surface area contributed by atoms with Crippen LogP contribution in [0.3, 0.4) is 0 Å². The number of hydrogen-bond donors (Lipinski definition) is 1. The van der Waals surface area contributed by atoms with Crippen LogP contribution in [-0.4, -0.2) is 9.97 Å². The largest absolute Gasteiger partial charge is 0.339 e. The molecule has 15 heavy (non-hydrogen) atoms. The molecule has 1 heterocycles. The maximum absolute atomic E-state index is 4.15. The molecule has 2 rings (SSSR count). The molecule has 0 saturated carbocycles. The highest BCUT2D eigenvalue weighted by Gasteiger charge is 2.00. The minimum absolute atomic E-state index is 0.827. The third-order valence-corrected chi connectivity index (χ3v) is 3.09. The number of rotatable bonds is 2. The fourth-order valence-electron chi connectivity index (χ4n) is 1.07. The van der Waals surface area contributed by atoms with Crippen molar-refractivity contribution in [2.75, 3.05) is 5.32 Å². The molecule has 0 fully saturated rings. The van der Waals surface area contributed by atoms with Gasteiger partial charge in [-0.3, -0.25) is 0 Å². The fourth-order valence-corrected chi connectivity index (χ4v) is 1.77. The second-order valence-electron chi connectivity index (χ2n) is 2.85. The van der Waals surface area contributed by atoms with Gasteiger partial charge in [-0.25, -0.2) is 9.97 Å². The number of halogens is 2. The normalized spacial score (nSPS) is 10.0. The zero-order chi connectivity index (χ0) is 10.7. The Balaban J connectivity index is 2.22.